The van der Waals surface area contributed by atoms with Crippen molar-refractivity contribution in [2.24, 2.45) is 0 Å². The van der Waals surface area contributed by atoms with Gasteiger partial charge in [-0.3, -0.25) is 5.32 Å². The summed E-state index contributed by atoms with van der Waals surface area (Å²) in [6, 6.07) is 3.29. The smallest absolute Gasteiger partial charge is 0.320 e. The predicted molar refractivity (Wildman–Crippen MR) is 80.6 cm³/mol. The number of thiophene rings is 1. The predicted octanol–water partition coefficient (Wildman–Crippen LogP) is 2.50. The highest BCUT2D eigenvalue weighted by molar-refractivity contribution is 7.14. The van der Waals surface area contributed by atoms with Crippen LogP contribution in [0.15, 0.2) is 11.4 Å². The standard InChI is InChI=1S/C14H21N3O2S/c1-17-10-3-4-11(17)8-9(7-10)15-14(18)16-13-12(19-2)5-6-20-13/h5-6,9-11H,3-4,7-8H2,1-2H3,(H2,15,16,18). The number of hydrogen-bond acceptors (Lipinski definition) is 4. The van der Waals surface area contributed by atoms with Crippen molar-refractivity contribution in [1.29, 1.82) is 0 Å². The second kappa shape index (κ2) is 5.61. The fraction of sp³-hybridized carbons (Fsp3) is 0.643. The number of hydrogen-bond donors (Lipinski definition) is 2. The van der Waals surface area contributed by atoms with Gasteiger partial charge in [0.05, 0.1) is 7.11 Å². The van der Waals surface area contributed by atoms with E-state index in [1.807, 2.05) is 11.4 Å². The Morgan fingerprint density at radius 2 is 2.10 bits per heavy atom. The fourth-order valence-corrected chi connectivity index (χ4v) is 4.15. The van der Waals surface area contributed by atoms with Crippen LogP contribution in [0.4, 0.5) is 9.80 Å². The minimum Gasteiger partial charge on any atom is -0.494 e. The van der Waals surface area contributed by atoms with E-state index >= 15 is 0 Å². The summed E-state index contributed by atoms with van der Waals surface area (Å²) < 4.78 is 5.20. The van der Waals surface area contributed by atoms with Crippen molar-refractivity contribution in [3.05, 3.63) is 11.4 Å². The lowest BCUT2D eigenvalue weighted by Gasteiger charge is -2.36. The van der Waals surface area contributed by atoms with Crippen molar-refractivity contribution < 1.29 is 9.53 Å². The summed E-state index contributed by atoms with van der Waals surface area (Å²) in [5.74, 6) is 0.716. The number of amides is 2. The van der Waals surface area contributed by atoms with Crippen LogP contribution in [0.1, 0.15) is 25.7 Å². The van der Waals surface area contributed by atoms with Gasteiger partial charge >= 0.3 is 6.03 Å². The summed E-state index contributed by atoms with van der Waals surface area (Å²) in [5.41, 5.74) is 0. The molecule has 3 rings (SSSR count). The molecule has 2 saturated heterocycles. The summed E-state index contributed by atoms with van der Waals surface area (Å²) in [6.07, 6.45) is 4.64. The maximum absolute atomic E-state index is 12.1. The first-order valence-electron chi connectivity index (χ1n) is 7.08. The molecule has 0 aliphatic carbocycles. The van der Waals surface area contributed by atoms with Crippen LogP contribution in [0.5, 0.6) is 5.75 Å². The first-order chi connectivity index (χ1) is 9.67. The Balaban J connectivity index is 1.55. The topological polar surface area (TPSA) is 53.6 Å². The van der Waals surface area contributed by atoms with Crippen LogP contribution in [0, 0.1) is 0 Å². The quantitative estimate of drug-likeness (QED) is 0.901. The van der Waals surface area contributed by atoms with Crippen LogP contribution in [0.25, 0.3) is 0 Å². The number of carbonyl (C=O) groups excluding carboxylic acids is 1. The SMILES string of the molecule is COc1ccsc1NC(=O)NC1CC2CCC(C1)N2C. The monoisotopic (exact) mass is 295 g/mol. The third-order valence-corrected chi connectivity index (χ3v) is 5.32. The van der Waals surface area contributed by atoms with Gasteiger partial charge in [-0.2, -0.15) is 0 Å². The molecule has 2 fully saturated rings. The van der Waals surface area contributed by atoms with Gasteiger partial charge in [-0.1, -0.05) is 0 Å². The fourth-order valence-electron chi connectivity index (χ4n) is 3.40. The van der Waals surface area contributed by atoms with Crippen LogP contribution in [-0.4, -0.2) is 43.2 Å². The molecule has 110 valence electrons. The summed E-state index contributed by atoms with van der Waals surface area (Å²) in [6.45, 7) is 0. The molecule has 2 N–H and O–H groups in total. The number of piperidine rings is 1. The number of nitrogens with zero attached hydrogens (tertiary/aromatic N) is 1. The molecule has 2 unspecified atom stereocenters. The Labute approximate surface area is 123 Å². The van der Waals surface area contributed by atoms with Gasteiger partial charge in [0.25, 0.3) is 0 Å². The Hall–Kier alpha value is -1.27. The highest BCUT2D eigenvalue weighted by Crippen LogP contribution is 2.34. The van der Waals surface area contributed by atoms with E-state index in [1.54, 1.807) is 7.11 Å². The molecule has 1 aromatic rings. The second-order valence-corrected chi connectivity index (χ2v) is 6.55. The molecule has 2 atom stereocenters. The molecular weight excluding hydrogens is 274 g/mol. The van der Waals surface area contributed by atoms with Crippen LogP contribution >= 0.6 is 11.3 Å². The number of urea groups is 1. The Morgan fingerprint density at radius 1 is 1.40 bits per heavy atom. The van der Waals surface area contributed by atoms with Crippen LogP contribution in [-0.2, 0) is 0 Å². The molecule has 2 aliphatic rings. The maximum atomic E-state index is 12.1. The summed E-state index contributed by atoms with van der Waals surface area (Å²) >= 11 is 1.47. The van der Waals surface area contributed by atoms with E-state index in [2.05, 4.69) is 22.6 Å². The van der Waals surface area contributed by atoms with Gasteiger partial charge in [0.15, 0.2) is 5.75 Å². The molecule has 20 heavy (non-hydrogen) atoms. The molecule has 0 spiro atoms. The van der Waals surface area contributed by atoms with E-state index in [0.29, 0.717) is 17.8 Å². The maximum Gasteiger partial charge on any atom is 0.320 e. The molecule has 2 amide bonds. The first-order valence-corrected chi connectivity index (χ1v) is 7.96. The van der Waals surface area contributed by atoms with E-state index in [4.69, 9.17) is 4.74 Å². The van der Waals surface area contributed by atoms with Gasteiger partial charge in [-0.25, -0.2) is 4.79 Å². The zero-order valence-corrected chi connectivity index (χ0v) is 12.7. The van der Waals surface area contributed by atoms with E-state index in [0.717, 1.165) is 17.8 Å². The molecule has 2 aliphatic heterocycles. The lowest BCUT2D eigenvalue weighted by atomic mass is 9.98. The zero-order chi connectivity index (χ0) is 14.1. The van der Waals surface area contributed by atoms with Crippen LogP contribution in [0.2, 0.25) is 0 Å². The number of rotatable bonds is 3. The number of ether oxygens (including phenoxy) is 1. The Kier molecular flexibility index (Phi) is 3.85. The van der Waals surface area contributed by atoms with Crippen molar-refractivity contribution in [3.8, 4) is 5.75 Å². The molecule has 1 aromatic heterocycles. The van der Waals surface area contributed by atoms with Gasteiger partial charge in [0.1, 0.15) is 5.00 Å². The molecule has 0 saturated carbocycles. The molecule has 3 heterocycles. The normalized spacial score (nSPS) is 29.2. The summed E-state index contributed by atoms with van der Waals surface area (Å²) in [4.78, 5) is 14.5. The third-order valence-electron chi connectivity index (χ3n) is 4.51. The minimum atomic E-state index is -0.125. The van der Waals surface area contributed by atoms with E-state index in [-0.39, 0.29) is 12.1 Å². The molecular formula is C14H21N3O2S. The summed E-state index contributed by atoms with van der Waals surface area (Å²) in [7, 11) is 3.81. The second-order valence-electron chi connectivity index (χ2n) is 5.64. The van der Waals surface area contributed by atoms with Gasteiger partial charge in [-0.05, 0) is 44.2 Å². The molecule has 0 aromatic carbocycles. The van der Waals surface area contributed by atoms with Gasteiger partial charge < -0.3 is 15.0 Å². The summed E-state index contributed by atoms with van der Waals surface area (Å²) in [5, 5.41) is 8.66. The van der Waals surface area contributed by atoms with Crippen molar-refractivity contribution in [2.45, 2.75) is 43.8 Å². The molecule has 2 bridgehead atoms. The van der Waals surface area contributed by atoms with Gasteiger partial charge in [-0.15, -0.1) is 11.3 Å². The number of anilines is 1. The van der Waals surface area contributed by atoms with Crippen molar-refractivity contribution in [2.75, 3.05) is 19.5 Å². The van der Waals surface area contributed by atoms with Crippen molar-refractivity contribution in [3.63, 3.8) is 0 Å². The van der Waals surface area contributed by atoms with Gasteiger partial charge in [0, 0.05) is 18.1 Å². The zero-order valence-electron chi connectivity index (χ0n) is 11.9. The number of carbonyl (C=O) groups is 1. The first kappa shape index (κ1) is 13.7. The molecule has 6 heteroatoms. The molecule has 0 radical (unpaired) electrons. The highest BCUT2D eigenvalue weighted by Gasteiger charge is 2.38. The minimum absolute atomic E-state index is 0.125. The van der Waals surface area contributed by atoms with Crippen molar-refractivity contribution >= 4 is 22.4 Å². The number of nitrogens with one attached hydrogen (secondary N) is 2. The Bertz CT molecular complexity index is 477. The van der Waals surface area contributed by atoms with Crippen LogP contribution < -0.4 is 15.4 Å². The van der Waals surface area contributed by atoms with E-state index in [1.165, 1.54) is 24.2 Å². The van der Waals surface area contributed by atoms with E-state index < -0.39 is 0 Å². The van der Waals surface area contributed by atoms with Gasteiger partial charge in [0.2, 0.25) is 0 Å². The average molecular weight is 295 g/mol. The highest BCUT2D eigenvalue weighted by atomic mass is 32.1. The number of methoxy groups -OCH3 is 1. The number of fused-ring (bicyclic) bond motifs is 2. The lowest BCUT2D eigenvalue weighted by molar-refractivity contribution is 0.151. The van der Waals surface area contributed by atoms with Crippen molar-refractivity contribution in [1.82, 2.24) is 10.2 Å². The third kappa shape index (κ3) is 2.62. The largest absolute Gasteiger partial charge is 0.494 e. The van der Waals surface area contributed by atoms with Crippen LogP contribution in [0.3, 0.4) is 0 Å². The Morgan fingerprint density at radius 3 is 2.75 bits per heavy atom. The lowest BCUT2D eigenvalue weighted by Crippen LogP contribution is -2.49. The molecule has 5 nitrogen and oxygen atoms in total. The average Bonchev–Trinajstić information content (AvgIpc) is 2.92. The van der Waals surface area contributed by atoms with E-state index in [9.17, 15) is 4.79 Å².